The van der Waals surface area contributed by atoms with Crippen LogP contribution in [0.15, 0.2) is 261 Å². The molecule has 12 aromatic carbocycles. The van der Waals surface area contributed by atoms with Crippen LogP contribution in [0.1, 0.15) is 0 Å². The molecule has 0 atom stereocenters. The van der Waals surface area contributed by atoms with Gasteiger partial charge in [-0.3, -0.25) is 0 Å². The summed E-state index contributed by atoms with van der Waals surface area (Å²) in [6, 6.07) is 95.2. The summed E-state index contributed by atoms with van der Waals surface area (Å²) in [6.07, 6.45) is 0. The van der Waals surface area contributed by atoms with Crippen LogP contribution in [-0.2, 0) is 0 Å². The zero-order valence-electron chi connectivity index (χ0n) is 35.8. The van der Waals surface area contributed by atoms with Gasteiger partial charge in [0.2, 0.25) is 0 Å². The van der Waals surface area contributed by atoms with E-state index in [0.29, 0.717) is 0 Å². The van der Waals surface area contributed by atoms with E-state index in [1.807, 2.05) is 0 Å². The monoisotopic (exact) mass is 825 g/mol. The van der Waals surface area contributed by atoms with E-state index in [4.69, 9.17) is 0 Å². The molecular weight excluding hydrogens is 783 g/mol. The molecule has 65 heavy (non-hydrogen) atoms. The molecule has 304 valence electrons. The molecular formula is C64H43N. The lowest BCUT2D eigenvalue weighted by Gasteiger charge is -2.28. The van der Waals surface area contributed by atoms with Gasteiger partial charge in [-0.25, -0.2) is 0 Å². The summed E-state index contributed by atoms with van der Waals surface area (Å²) in [7, 11) is 0. The number of hydrogen-bond acceptors (Lipinski definition) is 1. The number of benzene rings is 12. The van der Waals surface area contributed by atoms with Crippen molar-refractivity contribution in [2.45, 2.75) is 0 Å². The van der Waals surface area contributed by atoms with Gasteiger partial charge in [-0.2, -0.15) is 0 Å². The third kappa shape index (κ3) is 6.92. The zero-order valence-corrected chi connectivity index (χ0v) is 35.8. The smallest absolute Gasteiger partial charge is 0.0540 e. The highest BCUT2D eigenvalue weighted by atomic mass is 15.1. The van der Waals surface area contributed by atoms with Crippen molar-refractivity contribution in [3.8, 4) is 55.6 Å². The number of fused-ring (bicyclic) bond motifs is 6. The van der Waals surface area contributed by atoms with Gasteiger partial charge in [0.15, 0.2) is 0 Å². The number of anilines is 3. The van der Waals surface area contributed by atoms with E-state index >= 15 is 0 Å². The fraction of sp³-hybridized carbons (Fsp3) is 0. The Hall–Kier alpha value is -8.52. The van der Waals surface area contributed by atoms with E-state index in [9.17, 15) is 0 Å². The van der Waals surface area contributed by atoms with Gasteiger partial charge in [0, 0.05) is 16.8 Å². The minimum atomic E-state index is 1.09. The first-order valence-electron chi connectivity index (χ1n) is 22.4. The maximum atomic E-state index is 2.41. The summed E-state index contributed by atoms with van der Waals surface area (Å²) in [6.45, 7) is 0. The van der Waals surface area contributed by atoms with E-state index in [1.54, 1.807) is 0 Å². The Labute approximate surface area is 379 Å². The Balaban J connectivity index is 1.02. The second-order valence-electron chi connectivity index (χ2n) is 16.8. The summed E-state index contributed by atoms with van der Waals surface area (Å²) in [4.78, 5) is 2.41. The molecule has 1 nitrogen and oxygen atoms in total. The Kier molecular flexibility index (Phi) is 9.58. The molecule has 0 aliphatic heterocycles. The minimum Gasteiger partial charge on any atom is -0.310 e. The summed E-state index contributed by atoms with van der Waals surface area (Å²) in [5.41, 5.74) is 15.3. The molecule has 0 fully saturated rings. The average Bonchev–Trinajstić information content (AvgIpc) is 3.39. The van der Waals surface area contributed by atoms with E-state index in [0.717, 1.165) is 22.6 Å². The first-order chi connectivity index (χ1) is 32.2. The van der Waals surface area contributed by atoms with Gasteiger partial charge in [-0.15, -0.1) is 0 Å². The van der Waals surface area contributed by atoms with Gasteiger partial charge in [0.05, 0.1) is 5.69 Å². The van der Waals surface area contributed by atoms with Crippen LogP contribution in [0.3, 0.4) is 0 Å². The van der Waals surface area contributed by atoms with Crippen molar-refractivity contribution < 1.29 is 0 Å². The molecule has 0 radical (unpaired) electrons. The van der Waals surface area contributed by atoms with Crippen molar-refractivity contribution in [3.05, 3.63) is 261 Å². The summed E-state index contributed by atoms with van der Waals surface area (Å²) in [5, 5.41) is 10.0. The van der Waals surface area contributed by atoms with Gasteiger partial charge in [0.25, 0.3) is 0 Å². The van der Waals surface area contributed by atoms with Gasteiger partial charge < -0.3 is 4.90 Å². The molecule has 0 N–H and O–H groups in total. The van der Waals surface area contributed by atoms with Crippen LogP contribution in [0.4, 0.5) is 17.1 Å². The predicted octanol–water partition coefficient (Wildman–Crippen LogP) is 18.1. The summed E-state index contributed by atoms with van der Waals surface area (Å²) in [5.74, 6) is 0. The number of rotatable bonds is 8. The Morgan fingerprint density at radius 3 is 1.38 bits per heavy atom. The zero-order chi connectivity index (χ0) is 43.1. The molecule has 0 bridgehead atoms. The molecule has 12 aromatic rings. The summed E-state index contributed by atoms with van der Waals surface area (Å²) >= 11 is 0. The van der Waals surface area contributed by atoms with Gasteiger partial charge in [-0.1, -0.05) is 224 Å². The van der Waals surface area contributed by atoms with Crippen molar-refractivity contribution in [1.29, 1.82) is 0 Å². The van der Waals surface area contributed by atoms with Crippen molar-refractivity contribution in [2.24, 2.45) is 0 Å². The maximum absolute atomic E-state index is 2.41. The largest absolute Gasteiger partial charge is 0.310 e. The minimum absolute atomic E-state index is 1.09. The maximum Gasteiger partial charge on any atom is 0.0540 e. The number of hydrogen-bond donors (Lipinski definition) is 0. The molecule has 0 heterocycles. The molecule has 0 aromatic heterocycles. The molecule has 0 saturated heterocycles. The third-order valence-electron chi connectivity index (χ3n) is 13.1. The molecule has 0 aliphatic carbocycles. The Morgan fingerprint density at radius 1 is 0.231 bits per heavy atom. The Morgan fingerprint density at radius 2 is 0.708 bits per heavy atom. The predicted molar refractivity (Wildman–Crippen MR) is 278 cm³/mol. The number of nitrogens with zero attached hydrogens (tertiary/aromatic N) is 1. The first-order valence-corrected chi connectivity index (χ1v) is 22.4. The Bertz CT molecular complexity index is 3670. The van der Waals surface area contributed by atoms with Crippen LogP contribution >= 0.6 is 0 Å². The highest BCUT2D eigenvalue weighted by molar-refractivity contribution is 6.20. The van der Waals surface area contributed by atoms with Crippen molar-refractivity contribution in [3.63, 3.8) is 0 Å². The third-order valence-corrected chi connectivity index (χ3v) is 13.1. The van der Waals surface area contributed by atoms with Crippen molar-refractivity contribution in [1.82, 2.24) is 0 Å². The molecule has 0 amide bonds. The van der Waals surface area contributed by atoms with E-state index < -0.39 is 0 Å². The fourth-order valence-corrected chi connectivity index (χ4v) is 9.95. The van der Waals surface area contributed by atoms with E-state index in [1.165, 1.54) is 93.2 Å². The normalized spacial score (nSPS) is 11.4. The average molecular weight is 826 g/mol. The second kappa shape index (κ2) is 16.3. The molecule has 12 rings (SSSR count). The molecule has 0 spiro atoms. The quantitative estimate of drug-likeness (QED) is 0.138. The van der Waals surface area contributed by atoms with Crippen LogP contribution in [0.2, 0.25) is 0 Å². The van der Waals surface area contributed by atoms with Crippen LogP contribution < -0.4 is 4.90 Å². The van der Waals surface area contributed by atoms with E-state index in [2.05, 4.69) is 266 Å². The fourth-order valence-electron chi connectivity index (χ4n) is 9.95. The lowest BCUT2D eigenvalue weighted by molar-refractivity contribution is 1.30. The van der Waals surface area contributed by atoms with Crippen molar-refractivity contribution >= 4 is 60.2 Å². The topological polar surface area (TPSA) is 3.24 Å². The van der Waals surface area contributed by atoms with E-state index in [-0.39, 0.29) is 0 Å². The van der Waals surface area contributed by atoms with Crippen LogP contribution in [0.5, 0.6) is 0 Å². The molecule has 0 saturated carbocycles. The van der Waals surface area contributed by atoms with Crippen LogP contribution in [-0.4, -0.2) is 0 Å². The highest BCUT2D eigenvalue weighted by Gasteiger charge is 2.20. The van der Waals surface area contributed by atoms with Gasteiger partial charge in [0.1, 0.15) is 0 Å². The van der Waals surface area contributed by atoms with Gasteiger partial charge in [-0.05, 0) is 130 Å². The standard InChI is InChI=1S/C64H43N/c1-4-15-44(16-5-1)45-31-36-53(37-32-45)65(62-42-41-55(46-17-6-2-7-18-46)60-23-12-13-24-61(60)62)54-38-33-50(34-39-54)63-57(47-19-8-3-9-20-47)25-14-26-58(63)52-35-40-59-51(43-52)30-29-49-28-27-48-21-10-11-22-56(48)64(49)59/h1-43H. The van der Waals surface area contributed by atoms with Crippen LogP contribution in [0, 0.1) is 0 Å². The van der Waals surface area contributed by atoms with Crippen molar-refractivity contribution in [2.75, 3.05) is 4.90 Å². The summed E-state index contributed by atoms with van der Waals surface area (Å²) < 4.78 is 0. The van der Waals surface area contributed by atoms with Gasteiger partial charge >= 0.3 is 0 Å². The highest BCUT2D eigenvalue weighted by Crippen LogP contribution is 2.46. The first kappa shape index (κ1) is 38.2. The molecule has 0 unspecified atom stereocenters. The second-order valence-corrected chi connectivity index (χ2v) is 16.8. The molecule has 0 aliphatic rings. The molecule has 1 heteroatoms. The lowest BCUT2D eigenvalue weighted by atomic mass is 9.86. The van der Waals surface area contributed by atoms with Crippen LogP contribution in [0.25, 0.3) is 98.7 Å². The SMILES string of the molecule is c1ccc(-c2ccc(N(c3ccc(-c4c(-c5ccccc5)cccc4-c4ccc5c(ccc6ccc7ccccc7c65)c4)cc3)c3ccc(-c4ccccc4)c4ccccc34)cc2)cc1. The lowest BCUT2D eigenvalue weighted by Crippen LogP contribution is -2.10.